The molecular formula is C11H19NO3. The standard InChI is InChI=1S/C11H19NO3/c1-2-15-11(13)8-5-9-7-14-4-3-10(9)12-6-8/h8-10,12H,2-7H2,1H3/t8-,9-,10-/m0/s1. The lowest BCUT2D eigenvalue weighted by atomic mass is 9.82. The number of rotatable bonds is 2. The molecule has 0 saturated carbocycles. The number of esters is 1. The maximum atomic E-state index is 11.6. The van der Waals surface area contributed by atoms with Crippen molar-refractivity contribution >= 4 is 5.97 Å². The van der Waals surface area contributed by atoms with Gasteiger partial charge in [0.05, 0.1) is 19.1 Å². The van der Waals surface area contributed by atoms with Gasteiger partial charge in [0.2, 0.25) is 0 Å². The minimum atomic E-state index is -0.0611. The average Bonchev–Trinajstić information content (AvgIpc) is 2.29. The van der Waals surface area contributed by atoms with Crippen molar-refractivity contribution in [2.24, 2.45) is 11.8 Å². The lowest BCUT2D eigenvalue weighted by Gasteiger charge is -2.38. The summed E-state index contributed by atoms with van der Waals surface area (Å²) in [6.45, 7) is 4.71. The lowest BCUT2D eigenvalue weighted by Crippen LogP contribution is -2.51. The number of carbonyl (C=O) groups is 1. The predicted molar refractivity (Wildman–Crippen MR) is 55.5 cm³/mol. The maximum absolute atomic E-state index is 11.6. The van der Waals surface area contributed by atoms with Crippen LogP contribution >= 0.6 is 0 Å². The highest BCUT2D eigenvalue weighted by Gasteiger charge is 2.35. The van der Waals surface area contributed by atoms with E-state index in [2.05, 4.69) is 5.32 Å². The smallest absolute Gasteiger partial charge is 0.310 e. The molecule has 2 aliphatic heterocycles. The second-order valence-corrected chi connectivity index (χ2v) is 4.32. The number of ether oxygens (including phenoxy) is 2. The van der Waals surface area contributed by atoms with Gasteiger partial charge in [0.1, 0.15) is 0 Å². The van der Waals surface area contributed by atoms with E-state index in [9.17, 15) is 4.79 Å². The Morgan fingerprint density at radius 1 is 1.60 bits per heavy atom. The zero-order valence-electron chi connectivity index (χ0n) is 9.20. The number of fused-ring (bicyclic) bond motifs is 1. The Kier molecular flexibility index (Phi) is 3.59. The fourth-order valence-electron chi connectivity index (χ4n) is 2.48. The van der Waals surface area contributed by atoms with Crippen LogP contribution in [0.2, 0.25) is 0 Å². The summed E-state index contributed by atoms with van der Waals surface area (Å²) in [5, 5.41) is 3.43. The van der Waals surface area contributed by atoms with E-state index >= 15 is 0 Å². The fourth-order valence-corrected chi connectivity index (χ4v) is 2.48. The molecule has 2 heterocycles. The zero-order chi connectivity index (χ0) is 10.7. The van der Waals surface area contributed by atoms with E-state index in [0.29, 0.717) is 18.6 Å². The molecule has 2 saturated heterocycles. The first-order chi connectivity index (χ1) is 7.31. The van der Waals surface area contributed by atoms with Gasteiger partial charge in [-0.1, -0.05) is 0 Å². The Morgan fingerprint density at radius 2 is 2.47 bits per heavy atom. The van der Waals surface area contributed by atoms with Crippen molar-refractivity contribution in [3.05, 3.63) is 0 Å². The van der Waals surface area contributed by atoms with Crippen molar-refractivity contribution < 1.29 is 14.3 Å². The second-order valence-electron chi connectivity index (χ2n) is 4.32. The molecule has 0 aliphatic carbocycles. The summed E-state index contributed by atoms with van der Waals surface area (Å²) in [5.41, 5.74) is 0. The maximum Gasteiger partial charge on any atom is 0.310 e. The van der Waals surface area contributed by atoms with Crippen LogP contribution in [0.15, 0.2) is 0 Å². The van der Waals surface area contributed by atoms with Gasteiger partial charge in [0, 0.05) is 19.2 Å². The topological polar surface area (TPSA) is 47.6 Å². The summed E-state index contributed by atoms with van der Waals surface area (Å²) >= 11 is 0. The third-order valence-electron chi connectivity index (χ3n) is 3.31. The normalized spacial score (nSPS) is 35.7. The molecule has 0 aromatic heterocycles. The van der Waals surface area contributed by atoms with Gasteiger partial charge in [-0.15, -0.1) is 0 Å². The number of hydrogen-bond donors (Lipinski definition) is 1. The first kappa shape index (κ1) is 10.9. The Morgan fingerprint density at radius 3 is 3.27 bits per heavy atom. The Labute approximate surface area is 90.3 Å². The number of piperidine rings is 1. The molecule has 0 bridgehead atoms. The Hall–Kier alpha value is -0.610. The van der Waals surface area contributed by atoms with E-state index in [1.54, 1.807) is 0 Å². The van der Waals surface area contributed by atoms with Gasteiger partial charge in [-0.3, -0.25) is 4.79 Å². The molecule has 86 valence electrons. The molecule has 2 rings (SSSR count). The largest absolute Gasteiger partial charge is 0.466 e. The van der Waals surface area contributed by atoms with Crippen LogP contribution in [0, 0.1) is 11.8 Å². The molecule has 0 amide bonds. The molecule has 2 fully saturated rings. The van der Waals surface area contributed by atoms with E-state index in [1.165, 1.54) is 0 Å². The summed E-state index contributed by atoms with van der Waals surface area (Å²) in [6.07, 6.45) is 1.98. The molecule has 4 nitrogen and oxygen atoms in total. The van der Waals surface area contributed by atoms with Crippen LogP contribution in [0.3, 0.4) is 0 Å². The number of nitrogens with one attached hydrogen (secondary N) is 1. The minimum Gasteiger partial charge on any atom is -0.466 e. The molecule has 1 N–H and O–H groups in total. The van der Waals surface area contributed by atoms with E-state index in [-0.39, 0.29) is 11.9 Å². The van der Waals surface area contributed by atoms with Gasteiger partial charge in [0.15, 0.2) is 0 Å². The third-order valence-corrected chi connectivity index (χ3v) is 3.31. The van der Waals surface area contributed by atoms with Crippen molar-refractivity contribution in [3.63, 3.8) is 0 Å². The molecular weight excluding hydrogens is 194 g/mol. The highest BCUT2D eigenvalue weighted by atomic mass is 16.5. The fraction of sp³-hybridized carbons (Fsp3) is 0.909. The average molecular weight is 213 g/mol. The molecule has 0 unspecified atom stereocenters. The van der Waals surface area contributed by atoms with Gasteiger partial charge >= 0.3 is 5.97 Å². The van der Waals surface area contributed by atoms with Crippen molar-refractivity contribution in [1.29, 1.82) is 0 Å². The van der Waals surface area contributed by atoms with Gasteiger partial charge in [-0.2, -0.15) is 0 Å². The highest BCUT2D eigenvalue weighted by molar-refractivity contribution is 5.72. The molecule has 15 heavy (non-hydrogen) atoms. The predicted octanol–water partition coefficient (Wildman–Crippen LogP) is 0.564. The first-order valence-corrected chi connectivity index (χ1v) is 5.79. The van der Waals surface area contributed by atoms with Crippen molar-refractivity contribution in [1.82, 2.24) is 5.32 Å². The lowest BCUT2D eigenvalue weighted by molar-refractivity contribution is -0.150. The third kappa shape index (κ3) is 2.49. The van der Waals surface area contributed by atoms with Crippen LogP contribution in [0.25, 0.3) is 0 Å². The van der Waals surface area contributed by atoms with Crippen molar-refractivity contribution in [3.8, 4) is 0 Å². The highest BCUT2D eigenvalue weighted by Crippen LogP contribution is 2.27. The quantitative estimate of drug-likeness (QED) is 0.681. The minimum absolute atomic E-state index is 0.0212. The number of carbonyl (C=O) groups excluding carboxylic acids is 1. The van der Waals surface area contributed by atoms with Crippen molar-refractivity contribution in [2.45, 2.75) is 25.8 Å². The first-order valence-electron chi connectivity index (χ1n) is 5.79. The molecule has 0 aromatic carbocycles. The van der Waals surface area contributed by atoms with E-state index < -0.39 is 0 Å². The molecule has 4 heteroatoms. The van der Waals surface area contributed by atoms with E-state index in [1.807, 2.05) is 6.92 Å². The summed E-state index contributed by atoms with van der Waals surface area (Å²) in [6, 6.07) is 0.546. The zero-order valence-corrected chi connectivity index (χ0v) is 9.20. The summed E-state index contributed by atoms with van der Waals surface area (Å²) in [7, 11) is 0. The van der Waals surface area contributed by atoms with Gasteiger partial charge < -0.3 is 14.8 Å². The van der Waals surface area contributed by atoms with Crippen LogP contribution in [0.5, 0.6) is 0 Å². The van der Waals surface area contributed by atoms with Crippen LogP contribution in [-0.2, 0) is 14.3 Å². The summed E-state index contributed by atoms with van der Waals surface area (Å²) in [5.74, 6) is 0.448. The summed E-state index contributed by atoms with van der Waals surface area (Å²) in [4.78, 5) is 11.6. The molecule has 0 aromatic rings. The van der Waals surface area contributed by atoms with Gasteiger partial charge in [-0.25, -0.2) is 0 Å². The molecule has 3 atom stereocenters. The molecule has 0 radical (unpaired) electrons. The number of hydrogen-bond acceptors (Lipinski definition) is 4. The monoisotopic (exact) mass is 213 g/mol. The SMILES string of the molecule is CCOC(=O)[C@@H]1CN[C@H]2CCOC[C@@H]2C1. The second kappa shape index (κ2) is 4.94. The Balaban J connectivity index is 1.87. The van der Waals surface area contributed by atoms with Crippen LogP contribution < -0.4 is 5.32 Å². The van der Waals surface area contributed by atoms with Gasteiger partial charge in [-0.05, 0) is 25.7 Å². The van der Waals surface area contributed by atoms with Crippen LogP contribution in [0.1, 0.15) is 19.8 Å². The van der Waals surface area contributed by atoms with Gasteiger partial charge in [0.25, 0.3) is 0 Å². The van der Waals surface area contributed by atoms with Crippen LogP contribution in [0.4, 0.5) is 0 Å². The molecule has 0 spiro atoms. The molecule has 2 aliphatic rings. The van der Waals surface area contributed by atoms with Crippen LogP contribution in [-0.4, -0.2) is 38.4 Å². The van der Waals surface area contributed by atoms with Crippen molar-refractivity contribution in [2.75, 3.05) is 26.4 Å². The van der Waals surface area contributed by atoms with E-state index in [4.69, 9.17) is 9.47 Å². The Bertz CT molecular complexity index is 232. The van der Waals surface area contributed by atoms with E-state index in [0.717, 1.165) is 32.6 Å². The summed E-state index contributed by atoms with van der Waals surface area (Å²) < 4.78 is 10.5.